The Balaban J connectivity index is 3.05. The predicted molar refractivity (Wildman–Crippen MR) is 73.9 cm³/mol. The van der Waals surface area contributed by atoms with E-state index in [1.807, 2.05) is 18.2 Å². The Bertz CT molecular complexity index is 407. The number of hydrogen-bond donors (Lipinski definition) is 1. The normalized spacial score (nSPS) is 12.9. The van der Waals surface area contributed by atoms with Crippen molar-refractivity contribution in [2.24, 2.45) is 5.41 Å². The van der Waals surface area contributed by atoms with Gasteiger partial charge >= 0.3 is 0 Å². The van der Waals surface area contributed by atoms with Crippen molar-refractivity contribution >= 4 is 5.91 Å². The molecule has 0 saturated carbocycles. The SMILES string of the molecule is CNC(=O)CC(c1cccc(OC)c1)C(C)(C)C. The average molecular weight is 249 g/mol. The van der Waals surface area contributed by atoms with E-state index in [9.17, 15) is 4.79 Å². The maximum Gasteiger partial charge on any atom is 0.220 e. The molecule has 0 saturated heterocycles. The number of rotatable bonds is 4. The highest BCUT2D eigenvalue weighted by atomic mass is 16.5. The number of carbonyl (C=O) groups is 1. The van der Waals surface area contributed by atoms with Crippen LogP contribution in [0.25, 0.3) is 0 Å². The number of ether oxygens (including phenoxy) is 1. The molecule has 1 amide bonds. The van der Waals surface area contributed by atoms with Gasteiger partial charge in [-0.3, -0.25) is 4.79 Å². The molecule has 1 atom stereocenters. The number of carbonyl (C=O) groups excluding carboxylic acids is 1. The van der Waals surface area contributed by atoms with Crippen LogP contribution in [-0.4, -0.2) is 20.1 Å². The van der Waals surface area contributed by atoms with Crippen molar-refractivity contribution in [1.29, 1.82) is 0 Å². The van der Waals surface area contributed by atoms with Crippen LogP contribution in [0.2, 0.25) is 0 Å². The number of nitrogens with one attached hydrogen (secondary N) is 1. The van der Waals surface area contributed by atoms with Crippen LogP contribution in [-0.2, 0) is 4.79 Å². The van der Waals surface area contributed by atoms with E-state index in [0.717, 1.165) is 11.3 Å². The lowest BCUT2D eigenvalue weighted by Crippen LogP contribution is -2.27. The number of benzene rings is 1. The van der Waals surface area contributed by atoms with Crippen molar-refractivity contribution < 1.29 is 9.53 Å². The van der Waals surface area contributed by atoms with Crippen molar-refractivity contribution in [1.82, 2.24) is 5.32 Å². The molecule has 0 aliphatic rings. The lowest BCUT2D eigenvalue weighted by molar-refractivity contribution is -0.121. The zero-order valence-electron chi connectivity index (χ0n) is 11.9. The summed E-state index contributed by atoms with van der Waals surface area (Å²) >= 11 is 0. The number of hydrogen-bond acceptors (Lipinski definition) is 2. The van der Waals surface area contributed by atoms with E-state index in [1.54, 1.807) is 14.2 Å². The molecule has 0 spiro atoms. The summed E-state index contributed by atoms with van der Waals surface area (Å²) in [6.45, 7) is 6.46. The molecule has 0 bridgehead atoms. The van der Waals surface area contributed by atoms with Crippen LogP contribution in [0.3, 0.4) is 0 Å². The van der Waals surface area contributed by atoms with Gasteiger partial charge in [0, 0.05) is 13.5 Å². The molecule has 100 valence electrons. The summed E-state index contributed by atoms with van der Waals surface area (Å²) in [7, 11) is 3.33. The first-order chi connectivity index (χ1) is 8.38. The van der Waals surface area contributed by atoms with E-state index < -0.39 is 0 Å². The predicted octanol–water partition coefficient (Wildman–Crippen LogP) is 2.96. The van der Waals surface area contributed by atoms with E-state index in [2.05, 4.69) is 32.2 Å². The van der Waals surface area contributed by atoms with Crippen molar-refractivity contribution in [2.75, 3.05) is 14.2 Å². The zero-order chi connectivity index (χ0) is 13.8. The zero-order valence-corrected chi connectivity index (χ0v) is 11.9. The molecule has 1 rings (SSSR count). The first-order valence-corrected chi connectivity index (χ1v) is 6.23. The van der Waals surface area contributed by atoms with Gasteiger partial charge in [0.1, 0.15) is 5.75 Å². The molecule has 0 heterocycles. The Kier molecular flexibility index (Phi) is 4.76. The Morgan fingerprint density at radius 3 is 2.56 bits per heavy atom. The second kappa shape index (κ2) is 5.89. The molecule has 3 heteroatoms. The Labute approximate surface area is 110 Å². The van der Waals surface area contributed by atoms with Gasteiger partial charge in [-0.05, 0) is 29.0 Å². The van der Waals surface area contributed by atoms with Gasteiger partial charge in [0.2, 0.25) is 5.91 Å². The summed E-state index contributed by atoms with van der Waals surface area (Å²) in [5, 5.41) is 2.70. The third-order valence-electron chi connectivity index (χ3n) is 3.21. The van der Waals surface area contributed by atoms with Gasteiger partial charge in [-0.1, -0.05) is 32.9 Å². The van der Waals surface area contributed by atoms with Gasteiger partial charge in [0.05, 0.1) is 7.11 Å². The van der Waals surface area contributed by atoms with Crippen LogP contribution in [0.1, 0.15) is 38.7 Å². The largest absolute Gasteiger partial charge is 0.497 e. The molecule has 1 aromatic rings. The summed E-state index contributed by atoms with van der Waals surface area (Å²) < 4.78 is 5.25. The second-order valence-corrected chi connectivity index (χ2v) is 5.57. The minimum absolute atomic E-state index is 0.0267. The molecule has 1 aromatic carbocycles. The highest BCUT2D eigenvalue weighted by Crippen LogP contribution is 2.38. The minimum Gasteiger partial charge on any atom is -0.497 e. The number of amides is 1. The molecule has 0 fully saturated rings. The van der Waals surface area contributed by atoms with Gasteiger partial charge in [0.15, 0.2) is 0 Å². The van der Waals surface area contributed by atoms with Gasteiger partial charge in [0.25, 0.3) is 0 Å². The molecule has 1 N–H and O–H groups in total. The van der Waals surface area contributed by atoms with Crippen molar-refractivity contribution in [3.63, 3.8) is 0 Å². The topological polar surface area (TPSA) is 38.3 Å². The molecular formula is C15H23NO2. The third kappa shape index (κ3) is 3.76. The quantitative estimate of drug-likeness (QED) is 0.891. The first-order valence-electron chi connectivity index (χ1n) is 6.23. The van der Waals surface area contributed by atoms with E-state index in [4.69, 9.17) is 4.74 Å². The van der Waals surface area contributed by atoms with Gasteiger partial charge in [-0.2, -0.15) is 0 Å². The maximum atomic E-state index is 11.7. The summed E-state index contributed by atoms with van der Waals surface area (Å²) in [6, 6.07) is 7.96. The molecule has 0 aromatic heterocycles. The van der Waals surface area contributed by atoms with Crippen LogP contribution in [0.15, 0.2) is 24.3 Å². The van der Waals surface area contributed by atoms with E-state index >= 15 is 0 Å². The molecule has 3 nitrogen and oxygen atoms in total. The third-order valence-corrected chi connectivity index (χ3v) is 3.21. The maximum absolute atomic E-state index is 11.7. The van der Waals surface area contributed by atoms with E-state index in [-0.39, 0.29) is 17.2 Å². The summed E-state index contributed by atoms with van der Waals surface area (Å²) in [6.07, 6.45) is 0.493. The summed E-state index contributed by atoms with van der Waals surface area (Å²) in [5.41, 5.74) is 1.17. The Hall–Kier alpha value is -1.51. The van der Waals surface area contributed by atoms with Crippen LogP contribution < -0.4 is 10.1 Å². The van der Waals surface area contributed by atoms with Crippen LogP contribution >= 0.6 is 0 Å². The Morgan fingerprint density at radius 2 is 2.06 bits per heavy atom. The molecule has 0 radical (unpaired) electrons. The fraction of sp³-hybridized carbons (Fsp3) is 0.533. The van der Waals surface area contributed by atoms with Gasteiger partial charge < -0.3 is 10.1 Å². The Morgan fingerprint density at radius 1 is 1.39 bits per heavy atom. The minimum atomic E-state index is 0.0267. The van der Waals surface area contributed by atoms with Crippen LogP contribution in [0.4, 0.5) is 0 Å². The van der Waals surface area contributed by atoms with Gasteiger partial charge in [-0.15, -0.1) is 0 Å². The molecule has 18 heavy (non-hydrogen) atoms. The van der Waals surface area contributed by atoms with Crippen LogP contribution in [0, 0.1) is 5.41 Å². The molecule has 0 aliphatic carbocycles. The molecular weight excluding hydrogens is 226 g/mol. The highest BCUT2D eigenvalue weighted by molar-refractivity contribution is 5.76. The average Bonchev–Trinajstić information content (AvgIpc) is 2.34. The van der Waals surface area contributed by atoms with E-state index in [1.165, 1.54) is 0 Å². The second-order valence-electron chi connectivity index (χ2n) is 5.57. The molecule has 0 aliphatic heterocycles. The standard InChI is InChI=1S/C15H23NO2/c1-15(2,3)13(10-14(17)16-4)11-7-6-8-12(9-11)18-5/h6-9,13H,10H2,1-5H3,(H,16,17). The highest BCUT2D eigenvalue weighted by Gasteiger charge is 2.28. The molecule has 1 unspecified atom stereocenters. The van der Waals surface area contributed by atoms with Crippen molar-refractivity contribution in [3.8, 4) is 5.75 Å². The van der Waals surface area contributed by atoms with Crippen molar-refractivity contribution in [2.45, 2.75) is 33.1 Å². The fourth-order valence-electron chi connectivity index (χ4n) is 2.07. The lowest BCUT2D eigenvalue weighted by atomic mass is 9.74. The lowest BCUT2D eigenvalue weighted by Gasteiger charge is -2.30. The fourth-order valence-corrected chi connectivity index (χ4v) is 2.07. The number of methoxy groups -OCH3 is 1. The summed E-state index contributed by atoms with van der Waals surface area (Å²) in [4.78, 5) is 11.7. The smallest absolute Gasteiger partial charge is 0.220 e. The first kappa shape index (κ1) is 14.6. The monoisotopic (exact) mass is 249 g/mol. The van der Waals surface area contributed by atoms with Gasteiger partial charge in [-0.25, -0.2) is 0 Å². The van der Waals surface area contributed by atoms with Crippen LogP contribution in [0.5, 0.6) is 5.75 Å². The van der Waals surface area contributed by atoms with E-state index in [0.29, 0.717) is 6.42 Å². The summed E-state index contributed by atoms with van der Waals surface area (Å²) in [5.74, 6) is 1.07. The van der Waals surface area contributed by atoms with Crippen molar-refractivity contribution in [3.05, 3.63) is 29.8 Å².